The first kappa shape index (κ1) is 14.6. The summed E-state index contributed by atoms with van der Waals surface area (Å²) in [5.41, 5.74) is 2.00. The molecule has 2 aromatic rings. The normalized spacial score (nSPS) is 11.7. The van der Waals surface area contributed by atoms with Crippen molar-refractivity contribution in [1.29, 1.82) is 0 Å². The lowest BCUT2D eigenvalue weighted by Gasteiger charge is -2.10. The van der Waals surface area contributed by atoms with Gasteiger partial charge in [-0.15, -0.1) is 0 Å². The number of rotatable bonds is 6. The van der Waals surface area contributed by atoms with Crippen LogP contribution in [0.25, 0.3) is 0 Å². The molecule has 0 bridgehead atoms. The number of benzene rings is 1. The van der Waals surface area contributed by atoms with Crippen molar-refractivity contribution in [3.05, 3.63) is 41.5 Å². The Kier molecular flexibility index (Phi) is 4.48. The number of nitrogens with zero attached hydrogens (tertiary/aromatic N) is 2. The minimum Gasteiger partial charge on any atom is -0.316 e. The highest BCUT2D eigenvalue weighted by atomic mass is 32.2. The monoisotopic (exact) mass is 295 g/mol. The van der Waals surface area contributed by atoms with Gasteiger partial charge in [0.2, 0.25) is 10.0 Å². The lowest BCUT2D eigenvalue weighted by Crippen LogP contribution is -2.24. The SMILES string of the molecule is CNCc1cc(S(=O)(=O)NCc2ncn[nH]2)ccc1C. The Morgan fingerprint density at radius 3 is 2.75 bits per heavy atom. The summed E-state index contributed by atoms with van der Waals surface area (Å²) in [6.45, 7) is 2.65. The third-order valence-electron chi connectivity index (χ3n) is 2.89. The van der Waals surface area contributed by atoms with Crippen LogP contribution in [0.2, 0.25) is 0 Å². The summed E-state index contributed by atoms with van der Waals surface area (Å²) in [6, 6.07) is 5.07. The summed E-state index contributed by atoms with van der Waals surface area (Å²) in [6.07, 6.45) is 1.33. The summed E-state index contributed by atoms with van der Waals surface area (Å²) in [5.74, 6) is 0.469. The average Bonchev–Trinajstić information content (AvgIpc) is 2.92. The quantitative estimate of drug-likeness (QED) is 0.712. The number of nitrogens with one attached hydrogen (secondary N) is 3. The van der Waals surface area contributed by atoms with E-state index < -0.39 is 10.0 Å². The van der Waals surface area contributed by atoms with E-state index in [-0.39, 0.29) is 11.4 Å². The van der Waals surface area contributed by atoms with Crippen molar-refractivity contribution in [1.82, 2.24) is 25.2 Å². The van der Waals surface area contributed by atoms with Gasteiger partial charge in [0.1, 0.15) is 12.2 Å². The third kappa shape index (κ3) is 3.41. The second kappa shape index (κ2) is 6.12. The average molecular weight is 295 g/mol. The molecule has 0 saturated carbocycles. The summed E-state index contributed by atoms with van der Waals surface area (Å²) in [7, 11) is -1.74. The number of sulfonamides is 1. The largest absolute Gasteiger partial charge is 0.316 e. The molecule has 1 aromatic carbocycles. The van der Waals surface area contributed by atoms with Crippen molar-refractivity contribution in [3.8, 4) is 0 Å². The van der Waals surface area contributed by atoms with Crippen LogP contribution in [-0.2, 0) is 23.1 Å². The summed E-state index contributed by atoms with van der Waals surface area (Å²) in [5, 5.41) is 9.29. The Balaban J connectivity index is 2.18. The van der Waals surface area contributed by atoms with Crippen molar-refractivity contribution in [2.45, 2.75) is 24.9 Å². The van der Waals surface area contributed by atoms with E-state index in [2.05, 4.69) is 25.2 Å². The molecule has 0 saturated heterocycles. The highest BCUT2D eigenvalue weighted by molar-refractivity contribution is 7.89. The van der Waals surface area contributed by atoms with E-state index in [1.165, 1.54) is 6.33 Å². The first-order chi connectivity index (χ1) is 9.53. The van der Waals surface area contributed by atoms with Crippen LogP contribution in [0.1, 0.15) is 17.0 Å². The zero-order valence-electron chi connectivity index (χ0n) is 11.3. The van der Waals surface area contributed by atoms with Crippen molar-refractivity contribution in [2.24, 2.45) is 0 Å². The molecular weight excluding hydrogens is 278 g/mol. The molecule has 0 aliphatic rings. The van der Waals surface area contributed by atoms with Crippen LogP contribution in [0.5, 0.6) is 0 Å². The fraction of sp³-hybridized carbons (Fsp3) is 0.333. The van der Waals surface area contributed by atoms with E-state index in [0.29, 0.717) is 12.4 Å². The Bertz CT molecular complexity index is 667. The molecule has 0 amide bonds. The minimum absolute atomic E-state index is 0.0809. The molecule has 0 spiro atoms. The van der Waals surface area contributed by atoms with Gasteiger partial charge in [-0.25, -0.2) is 18.1 Å². The molecule has 3 N–H and O–H groups in total. The van der Waals surface area contributed by atoms with E-state index in [4.69, 9.17) is 0 Å². The van der Waals surface area contributed by atoms with Gasteiger partial charge in [0.25, 0.3) is 0 Å². The summed E-state index contributed by atoms with van der Waals surface area (Å²) >= 11 is 0. The molecule has 20 heavy (non-hydrogen) atoms. The van der Waals surface area contributed by atoms with E-state index in [0.717, 1.165) is 11.1 Å². The van der Waals surface area contributed by atoms with Gasteiger partial charge in [0.15, 0.2) is 0 Å². The summed E-state index contributed by atoms with van der Waals surface area (Å²) < 4.78 is 26.9. The molecule has 0 atom stereocenters. The third-order valence-corrected chi connectivity index (χ3v) is 4.29. The first-order valence-corrected chi connectivity index (χ1v) is 7.59. The Hall–Kier alpha value is -1.77. The van der Waals surface area contributed by atoms with Crippen molar-refractivity contribution >= 4 is 10.0 Å². The molecule has 0 fully saturated rings. The molecule has 108 valence electrons. The van der Waals surface area contributed by atoms with Gasteiger partial charge >= 0.3 is 0 Å². The van der Waals surface area contributed by atoms with Gasteiger partial charge in [0.05, 0.1) is 11.4 Å². The summed E-state index contributed by atoms with van der Waals surface area (Å²) in [4.78, 5) is 4.11. The molecule has 0 aliphatic heterocycles. The second-order valence-corrected chi connectivity index (χ2v) is 6.14. The topological polar surface area (TPSA) is 99.8 Å². The van der Waals surface area contributed by atoms with Crippen LogP contribution in [-0.4, -0.2) is 30.6 Å². The molecule has 0 aliphatic carbocycles. The zero-order valence-corrected chi connectivity index (χ0v) is 12.2. The maximum absolute atomic E-state index is 12.2. The van der Waals surface area contributed by atoms with Gasteiger partial charge in [-0.3, -0.25) is 5.10 Å². The number of hydrogen-bond acceptors (Lipinski definition) is 5. The van der Waals surface area contributed by atoms with Gasteiger partial charge in [0, 0.05) is 6.54 Å². The maximum Gasteiger partial charge on any atom is 0.240 e. The molecule has 8 heteroatoms. The first-order valence-electron chi connectivity index (χ1n) is 6.11. The number of hydrogen-bond donors (Lipinski definition) is 3. The van der Waals surface area contributed by atoms with Crippen LogP contribution in [0.3, 0.4) is 0 Å². The highest BCUT2D eigenvalue weighted by Crippen LogP contribution is 2.15. The lowest BCUT2D eigenvalue weighted by molar-refractivity contribution is 0.579. The van der Waals surface area contributed by atoms with Gasteiger partial charge < -0.3 is 5.32 Å². The van der Waals surface area contributed by atoms with Crippen molar-refractivity contribution < 1.29 is 8.42 Å². The van der Waals surface area contributed by atoms with Crippen LogP contribution in [0.4, 0.5) is 0 Å². The van der Waals surface area contributed by atoms with Gasteiger partial charge in [-0.1, -0.05) is 6.07 Å². The number of H-pyrrole nitrogens is 1. The molecule has 2 rings (SSSR count). The molecule has 0 unspecified atom stereocenters. The number of aryl methyl sites for hydroxylation is 1. The fourth-order valence-electron chi connectivity index (χ4n) is 1.76. The predicted octanol–water partition coefficient (Wildman–Crippen LogP) is 0.311. The van der Waals surface area contributed by atoms with E-state index in [1.807, 2.05) is 14.0 Å². The number of aromatic amines is 1. The Morgan fingerprint density at radius 1 is 1.30 bits per heavy atom. The van der Waals surface area contributed by atoms with Crippen LogP contribution in [0, 0.1) is 6.92 Å². The van der Waals surface area contributed by atoms with E-state index in [1.54, 1.807) is 18.2 Å². The molecular formula is C12H17N5O2S. The maximum atomic E-state index is 12.2. The fourth-order valence-corrected chi connectivity index (χ4v) is 2.80. The molecule has 7 nitrogen and oxygen atoms in total. The zero-order chi connectivity index (χ0) is 14.6. The van der Waals surface area contributed by atoms with Crippen LogP contribution < -0.4 is 10.0 Å². The Labute approximate surface area is 117 Å². The smallest absolute Gasteiger partial charge is 0.240 e. The van der Waals surface area contributed by atoms with Gasteiger partial charge in [-0.2, -0.15) is 5.10 Å². The lowest BCUT2D eigenvalue weighted by atomic mass is 10.1. The van der Waals surface area contributed by atoms with E-state index >= 15 is 0 Å². The Morgan fingerprint density at radius 2 is 2.10 bits per heavy atom. The molecule has 1 heterocycles. The van der Waals surface area contributed by atoms with Gasteiger partial charge in [-0.05, 0) is 37.2 Å². The van der Waals surface area contributed by atoms with Crippen LogP contribution in [0.15, 0.2) is 29.4 Å². The van der Waals surface area contributed by atoms with Crippen molar-refractivity contribution in [2.75, 3.05) is 7.05 Å². The molecule has 0 radical (unpaired) electrons. The standard InChI is InChI=1S/C12H17N5O2S/c1-9-3-4-11(5-10(9)6-13-2)20(18,19)16-7-12-14-8-15-17-12/h3-5,8,13,16H,6-7H2,1-2H3,(H,14,15,17). The highest BCUT2D eigenvalue weighted by Gasteiger charge is 2.15. The molecule has 1 aromatic heterocycles. The predicted molar refractivity (Wildman–Crippen MR) is 74.4 cm³/mol. The van der Waals surface area contributed by atoms with E-state index in [9.17, 15) is 8.42 Å². The van der Waals surface area contributed by atoms with Crippen LogP contribution >= 0.6 is 0 Å². The minimum atomic E-state index is -3.56. The van der Waals surface area contributed by atoms with Crippen molar-refractivity contribution in [3.63, 3.8) is 0 Å². The number of aromatic nitrogens is 3. The second-order valence-electron chi connectivity index (χ2n) is 4.38.